The minimum atomic E-state index is -0.889. The molecule has 0 radical (unpaired) electrons. The largest absolute Gasteiger partial charge is 0.502 e. The van der Waals surface area contributed by atoms with Crippen LogP contribution in [0.5, 0.6) is 5.75 Å². The summed E-state index contributed by atoms with van der Waals surface area (Å²) in [6.07, 6.45) is 1.30. The van der Waals surface area contributed by atoms with Crippen LogP contribution < -0.4 is 10.9 Å². The lowest BCUT2D eigenvalue weighted by Crippen LogP contribution is -2.45. The molecule has 2 aromatic carbocycles. The molecule has 1 fully saturated rings. The zero-order valence-corrected chi connectivity index (χ0v) is 17.8. The lowest BCUT2D eigenvalue weighted by molar-refractivity contribution is -0.385. The Balaban J connectivity index is 1.46. The van der Waals surface area contributed by atoms with Gasteiger partial charge >= 0.3 is 11.3 Å². The summed E-state index contributed by atoms with van der Waals surface area (Å²) < 4.78 is 18.6. The molecule has 2 heterocycles. The van der Waals surface area contributed by atoms with Crippen LogP contribution >= 0.6 is 0 Å². The lowest BCUT2D eigenvalue weighted by Gasteiger charge is -2.32. The number of aromatic hydroxyl groups is 1. The molecule has 172 valence electrons. The van der Waals surface area contributed by atoms with E-state index in [9.17, 15) is 29.2 Å². The number of fused-ring (bicyclic) bond motifs is 1. The van der Waals surface area contributed by atoms with E-state index in [4.69, 9.17) is 4.42 Å². The van der Waals surface area contributed by atoms with Gasteiger partial charge in [0.05, 0.1) is 4.92 Å². The summed E-state index contributed by atoms with van der Waals surface area (Å²) in [5.41, 5.74) is -0.768. The zero-order chi connectivity index (χ0) is 23.7. The third kappa shape index (κ3) is 4.70. The van der Waals surface area contributed by atoms with E-state index in [1.807, 2.05) is 6.07 Å². The van der Waals surface area contributed by atoms with Gasteiger partial charge in [0.2, 0.25) is 5.75 Å². The number of nitrogens with one attached hydrogen (secondary N) is 1. The van der Waals surface area contributed by atoms with Crippen molar-refractivity contribution in [1.29, 1.82) is 0 Å². The molecule has 1 saturated heterocycles. The number of piperidine rings is 1. The van der Waals surface area contributed by atoms with Crippen molar-refractivity contribution >= 4 is 22.6 Å². The Morgan fingerprint density at radius 1 is 1.30 bits per heavy atom. The molecule has 1 aliphatic rings. The number of phenols is 1. The van der Waals surface area contributed by atoms with Gasteiger partial charge in [-0.25, -0.2) is 9.18 Å². The summed E-state index contributed by atoms with van der Waals surface area (Å²) in [5.74, 6) is -1.49. The first-order chi connectivity index (χ1) is 15.7. The van der Waals surface area contributed by atoms with Crippen LogP contribution in [0.3, 0.4) is 0 Å². The van der Waals surface area contributed by atoms with Crippen molar-refractivity contribution in [3.63, 3.8) is 0 Å². The molecule has 33 heavy (non-hydrogen) atoms. The second kappa shape index (κ2) is 8.99. The van der Waals surface area contributed by atoms with Gasteiger partial charge in [-0.1, -0.05) is 12.1 Å². The number of hydrogen-bond donors (Lipinski definition) is 2. The maximum absolute atomic E-state index is 13.4. The number of amides is 1. The third-order valence-corrected chi connectivity index (χ3v) is 5.87. The van der Waals surface area contributed by atoms with Gasteiger partial charge in [0.1, 0.15) is 17.0 Å². The molecule has 1 aromatic heterocycles. The highest BCUT2D eigenvalue weighted by molar-refractivity contribution is 5.98. The number of nitro groups is 1. The highest BCUT2D eigenvalue weighted by atomic mass is 19.1. The number of nitrogens with zero attached hydrogens (tertiary/aromatic N) is 2. The second-order valence-electron chi connectivity index (χ2n) is 8.15. The molecule has 1 amide bonds. The number of carbonyl (C=O) groups is 1. The van der Waals surface area contributed by atoms with Crippen LogP contribution in [-0.4, -0.2) is 40.0 Å². The van der Waals surface area contributed by atoms with Crippen molar-refractivity contribution in [2.75, 3.05) is 13.1 Å². The van der Waals surface area contributed by atoms with Crippen molar-refractivity contribution in [3.05, 3.63) is 79.4 Å². The number of likely N-dealkylation sites (tertiary alicyclic amines) is 1. The van der Waals surface area contributed by atoms with Gasteiger partial charge in [-0.05, 0) is 43.5 Å². The summed E-state index contributed by atoms with van der Waals surface area (Å²) in [7, 11) is 0. The van der Waals surface area contributed by atoms with E-state index >= 15 is 0 Å². The highest BCUT2D eigenvalue weighted by Crippen LogP contribution is 2.35. The van der Waals surface area contributed by atoms with Crippen LogP contribution in [0.1, 0.15) is 34.3 Å². The summed E-state index contributed by atoms with van der Waals surface area (Å²) in [6, 6.07) is 8.59. The van der Waals surface area contributed by atoms with Crippen molar-refractivity contribution in [2.45, 2.75) is 32.4 Å². The van der Waals surface area contributed by atoms with E-state index < -0.39 is 27.9 Å². The van der Waals surface area contributed by atoms with Crippen LogP contribution in [-0.2, 0) is 6.54 Å². The van der Waals surface area contributed by atoms with E-state index in [0.717, 1.165) is 11.6 Å². The monoisotopic (exact) mass is 455 g/mol. The average molecular weight is 455 g/mol. The second-order valence-corrected chi connectivity index (χ2v) is 8.15. The van der Waals surface area contributed by atoms with Crippen molar-refractivity contribution in [3.8, 4) is 5.75 Å². The highest BCUT2D eigenvalue weighted by Gasteiger charge is 2.25. The molecule has 0 atom stereocenters. The number of hydrogen-bond acceptors (Lipinski definition) is 7. The Bertz CT molecular complexity index is 1300. The fourth-order valence-electron chi connectivity index (χ4n) is 4.09. The first-order valence-corrected chi connectivity index (χ1v) is 10.5. The minimum Gasteiger partial charge on any atom is -0.502 e. The molecule has 2 N–H and O–H groups in total. The summed E-state index contributed by atoms with van der Waals surface area (Å²) in [4.78, 5) is 37.7. The fraction of sp³-hybridized carbons (Fsp3) is 0.304. The van der Waals surface area contributed by atoms with E-state index in [1.54, 1.807) is 6.07 Å². The molecule has 0 saturated carbocycles. The van der Waals surface area contributed by atoms with Gasteiger partial charge in [0, 0.05) is 42.7 Å². The molecule has 10 heteroatoms. The fourth-order valence-corrected chi connectivity index (χ4v) is 4.09. The Morgan fingerprint density at radius 3 is 2.70 bits per heavy atom. The Kier molecular flexibility index (Phi) is 6.10. The molecule has 4 rings (SSSR count). The molecule has 1 aliphatic heterocycles. The quantitative estimate of drug-likeness (QED) is 0.344. The molecule has 0 unspecified atom stereocenters. The van der Waals surface area contributed by atoms with Gasteiger partial charge in [-0.3, -0.25) is 19.8 Å². The SMILES string of the molecule is Cc1c(O)c([N+](=O)[O-])cc2cc(C(=O)NC3CCN(Cc4cccc(F)c4)CC3)c(=O)oc12. The van der Waals surface area contributed by atoms with Crippen LogP contribution in [0.2, 0.25) is 0 Å². The van der Waals surface area contributed by atoms with Gasteiger partial charge in [0.25, 0.3) is 5.91 Å². The van der Waals surface area contributed by atoms with Crippen molar-refractivity contribution in [2.24, 2.45) is 0 Å². The van der Waals surface area contributed by atoms with Gasteiger partial charge in [-0.15, -0.1) is 0 Å². The predicted molar refractivity (Wildman–Crippen MR) is 118 cm³/mol. The zero-order valence-electron chi connectivity index (χ0n) is 17.8. The number of phenolic OH excluding ortho intramolecular Hbond substituents is 1. The van der Waals surface area contributed by atoms with Crippen LogP contribution in [0, 0.1) is 22.9 Å². The van der Waals surface area contributed by atoms with Gasteiger partial charge in [0.15, 0.2) is 0 Å². The molecule has 9 nitrogen and oxygen atoms in total. The summed E-state index contributed by atoms with van der Waals surface area (Å²) in [5, 5.41) is 24.2. The van der Waals surface area contributed by atoms with Gasteiger partial charge < -0.3 is 14.8 Å². The predicted octanol–water partition coefficient (Wildman–Crippen LogP) is 3.25. The Morgan fingerprint density at radius 2 is 2.03 bits per heavy atom. The standard InChI is InChI=1S/C23H22FN3O6/c1-13-20(28)19(27(31)32)11-15-10-18(23(30)33-21(13)15)22(29)25-17-5-7-26(8-6-17)12-14-3-2-4-16(24)9-14/h2-4,9-11,17,28H,5-8,12H2,1H3,(H,25,29). The minimum absolute atomic E-state index is 0.00898. The molecule has 3 aromatic rings. The Labute approximate surface area is 187 Å². The van der Waals surface area contributed by atoms with E-state index in [0.29, 0.717) is 32.5 Å². The van der Waals surface area contributed by atoms with E-state index in [2.05, 4.69) is 10.2 Å². The van der Waals surface area contributed by atoms with Crippen LogP contribution in [0.15, 0.2) is 45.6 Å². The van der Waals surface area contributed by atoms with Crippen LogP contribution in [0.4, 0.5) is 10.1 Å². The number of halogens is 1. The summed E-state index contributed by atoms with van der Waals surface area (Å²) in [6.45, 7) is 3.39. The molecular formula is C23H22FN3O6. The molecule has 0 bridgehead atoms. The third-order valence-electron chi connectivity index (χ3n) is 5.87. The van der Waals surface area contributed by atoms with Gasteiger partial charge in [-0.2, -0.15) is 0 Å². The number of carbonyl (C=O) groups excluding carboxylic acids is 1. The topological polar surface area (TPSA) is 126 Å². The molecule has 0 spiro atoms. The Hall–Kier alpha value is -3.79. The lowest BCUT2D eigenvalue weighted by atomic mass is 10.0. The summed E-state index contributed by atoms with van der Waals surface area (Å²) >= 11 is 0. The first kappa shape index (κ1) is 22.4. The molecule has 0 aliphatic carbocycles. The number of benzene rings is 2. The normalized spacial score (nSPS) is 15.0. The number of rotatable bonds is 5. The molecular weight excluding hydrogens is 433 g/mol. The average Bonchev–Trinajstić information content (AvgIpc) is 2.77. The van der Waals surface area contributed by atoms with E-state index in [-0.39, 0.29) is 34.0 Å². The maximum atomic E-state index is 13.4. The van der Waals surface area contributed by atoms with E-state index in [1.165, 1.54) is 25.1 Å². The van der Waals surface area contributed by atoms with Crippen molar-refractivity contribution in [1.82, 2.24) is 10.2 Å². The smallest absolute Gasteiger partial charge is 0.349 e. The van der Waals surface area contributed by atoms with Crippen molar-refractivity contribution < 1.29 is 23.6 Å². The number of aryl methyl sites for hydroxylation is 1. The van der Waals surface area contributed by atoms with Crippen LogP contribution in [0.25, 0.3) is 11.0 Å². The number of nitro benzene ring substituents is 1. The maximum Gasteiger partial charge on any atom is 0.349 e. The first-order valence-electron chi connectivity index (χ1n) is 10.5.